The largest absolute Gasteiger partial charge is 0.456 e. The molecule has 2 nitrogen and oxygen atoms in total. The normalized spacial score (nSPS) is 14.2. The van der Waals surface area contributed by atoms with Gasteiger partial charge in [-0.05, 0) is 74.9 Å². The number of aromatic nitrogens is 1. The zero-order valence-corrected chi connectivity index (χ0v) is 24.4. The van der Waals surface area contributed by atoms with Crippen LogP contribution < -0.4 is 4.74 Å². The van der Waals surface area contributed by atoms with Gasteiger partial charge < -0.3 is 9.30 Å². The van der Waals surface area contributed by atoms with Gasteiger partial charge in [0, 0.05) is 32.8 Å². The molecule has 46 heavy (non-hydrogen) atoms. The molecule has 2 heterocycles. The van der Waals surface area contributed by atoms with Gasteiger partial charge in [-0.15, -0.1) is 0 Å². The quantitative estimate of drug-likeness (QED) is 0.199. The SMILES string of the molecule is [2H]c1c([2H])c(-c2c([2H])c([2H])c(-c3cccc4c3c3ccc5ccccc5c3n4-c3ccccc3)c([2H])c2[2H])c([2H])c2c1Oc1cccc3cccc-2c13. The predicted molar refractivity (Wildman–Crippen MR) is 192 cm³/mol. The van der Waals surface area contributed by atoms with Crippen LogP contribution in [-0.2, 0) is 0 Å². The Bertz CT molecular complexity index is 3030. The Kier molecular flexibility index (Phi) is 4.07. The van der Waals surface area contributed by atoms with E-state index in [0.29, 0.717) is 16.9 Å². The number of fused-ring (bicyclic) bond motifs is 7. The number of hydrogen-bond acceptors (Lipinski definition) is 1. The highest BCUT2D eigenvalue weighted by atomic mass is 16.5. The predicted octanol–water partition coefficient (Wildman–Crippen LogP) is 12.2. The lowest BCUT2D eigenvalue weighted by molar-refractivity contribution is 0.487. The van der Waals surface area contributed by atoms with Gasteiger partial charge in [0.05, 0.1) is 20.6 Å². The van der Waals surface area contributed by atoms with E-state index < -0.39 is 6.04 Å². The van der Waals surface area contributed by atoms with Crippen molar-refractivity contribution in [2.24, 2.45) is 0 Å². The molecule has 8 aromatic carbocycles. The second kappa shape index (κ2) is 9.69. The molecule has 0 unspecified atom stereocenters. The van der Waals surface area contributed by atoms with Crippen LogP contribution in [-0.4, -0.2) is 4.57 Å². The van der Waals surface area contributed by atoms with Gasteiger partial charge in [0.15, 0.2) is 0 Å². The zero-order chi connectivity index (χ0) is 36.3. The zero-order valence-electron chi connectivity index (χ0n) is 31.4. The molecule has 1 aliphatic heterocycles. The summed E-state index contributed by atoms with van der Waals surface area (Å²) >= 11 is 0. The van der Waals surface area contributed by atoms with Gasteiger partial charge in [0.1, 0.15) is 11.5 Å². The number of ether oxygens (including phenoxy) is 1. The minimum absolute atomic E-state index is 0.0656. The Morgan fingerprint density at radius 3 is 2.07 bits per heavy atom. The summed E-state index contributed by atoms with van der Waals surface area (Å²) in [7, 11) is 0. The third-order valence-corrected chi connectivity index (χ3v) is 8.96. The Morgan fingerprint density at radius 2 is 1.17 bits per heavy atom. The molecular weight excluding hydrogens is 558 g/mol. The van der Waals surface area contributed by atoms with E-state index in [9.17, 15) is 6.85 Å². The van der Waals surface area contributed by atoms with Crippen LogP contribution >= 0.6 is 0 Å². The van der Waals surface area contributed by atoms with Crippen LogP contribution in [0.4, 0.5) is 0 Å². The van der Waals surface area contributed by atoms with Crippen molar-refractivity contribution in [1.82, 2.24) is 4.57 Å². The van der Waals surface area contributed by atoms with Crippen LogP contribution in [0.15, 0.2) is 164 Å². The van der Waals surface area contributed by atoms with Crippen molar-refractivity contribution in [2.45, 2.75) is 0 Å². The van der Waals surface area contributed by atoms with Crippen molar-refractivity contribution >= 4 is 43.4 Å². The fraction of sp³-hybridized carbons (Fsp3) is 0. The molecule has 0 bridgehead atoms. The summed E-state index contributed by atoms with van der Waals surface area (Å²) in [5.41, 5.74) is 4.05. The summed E-state index contributed by atoms with van der Waals surface area (Å²) in [4.78, 5) is 0. The van der Waals surface area contributed by atoms with Crippen molar-refractivity contribution in [2.75, 3.05) is 0 Å². The average molecular weight is 593 g/mol. The molecule has 10 rings (SSSR count). The molecule has 0 saturated heterocycles. The van der Waals surface area contributed by atoms with Crippen molar-refractivity contribution in [3.63, 3.8) is 0 Å². The molecule has 9 aromatic rings. The first-order valence-corrected chi connectivity index (χ1v) is 15.2. The highest BCUT2D eigenvalue weighted by Crippen LogP contribution is 2.48. The molecule has 0 aliphatic carbocycles. The summed E-state index contributed by atoms with van der Waals surface area (Å²) in [6.07, 6.45) is 0. The van der Waals surface area contributed by atoms with E-state index in [-0.39, 0.29) is 64.3 Å². The van der Waals surface area contributed by atoms with Gasteiger partial charge in [-0.25, -0.2) is 0 Å². The first-order chi connectivity index (χ1) is 25.8. The number of nitrogens with zero attached hydrogens (tertiary/aromatic N) is 1. The Hall–Kier alpha value is -6.12. The topological polar surface area (TPSA) is 14.2 Å². The van der Waals surface area contributed by atoms with Crippen molar-refractivity contribution in [3.8, 4) is 50.6 Å². The van der Waals surface area contributed by atoms with E-state index >= 15 is 0 Å². The first-order valence-electron chi connectivity index (χ1n) is 18.7. The van der Waals surface area contributed by atoms with E-state index in [2.05, 4.69) is 28.8 Å². The summed E-state index contributed by atoms with van der Waals surface area (Å²) in [6.45, 7) is 0. The molecule has 214 valence electrons. The maximum Gasteiger partial charge on any atom is 0.135 e. The van der Waals surface area contributed by atoms with Crippen molar-refractivity contribution in [1.29, 1.82) is 0 Å². The fourth-order valence-electron chi connectivity index (χ4n) is 6.95. The van der Waals surface area contributed by atoms with Gasteiger partial charge in [-0.3, -0.25) is 0 Å². The van der Waals surface area contributed by atoms with Crippen LogP contribution in [0.2, 0.25) is 0 Å². The monoisotopic (exact) mass is 592 g/mol. The van der Waals surface area contributed by atoms with E-state index in [1.54, 1.807) is 6.07 Å². The number of para-hydroxylation sites is 1. The highest BCUT2D eigenvalue weighted by molar-refractivity contribution is 6.22. The minimum Gasteiger partial charge on any atom is -0.456 e. The molecule has 0 N–H and O–H groups in total. The number of rotatable bonds is 3. The molecule has 1 aliphatic rings. The molecule has 0 spiro atoms. The summed E-state index contributed by atoms with van der Waals surface area (Å²) in [5, 5.41) is 5.46. The standard InChI is InChI=1S/C44H27NO/c1-2-12-33(13-3-1)45-39-17-8-15-34(43(39)37-25-23-29-9-4-5-14-35(29)44(37)45)30-21-19-28(20-22-30)32-24-26-40-38(27-32)36-16-6-10-31-11-7-18-41(46-40)42(31)36/h1-27H/i19D,20D,21D,22D,24D,26D,27D. The molecule has 2 heteroatoms. The smallest absolute Gasteiger partial charge is 0.135 e. The van der Waals surface area contributed by atoms with Gasteiger partial charge in [-0.2, -0.15) is 0 Å². The Balaban J connectivity index is 1.26. The second-order valence-corrected chi connectivity index (χ2v) is 11.5. The van der Waals surface area contributed by atoms with Crippen LogP contribution in [0, 0.1) is 0 Å². The van der Waals surface area contributed by atoms with Gasteiger partial charge in [0.25, 0.3) is 0 Å². The highest BCUT2D eigenvalue weighted by Gasteiger charge is 2.21. The van der Waals surface area contributed by atoms with Crippen molar-refractivity contribution < 1.29 is 14.3 Å². The molecule has 0 radical (unpaired) electrons. The Morgan fingerprint density at radius 1 is 0.457 bits per heavy atom. The first kappa shape index (κ1) is 19.3. The average Bonchev–Trinajstić information content (AvgIpc) is 3.54. The summed E-state index contributed by atoms with van der Waals surface area (Å²) < 4.78 is 73.4. The third-order valence-electron chi connectivity index (χ3n) is 8.96. The molecule has 1 aromatic heterocycles. The minimum atomic E-state index is -0.395. The fourth-order valence-corrected chi connectivity index (χ4v) is 6.95. The maximum atomic E-state index is 9.43. The molecule has 0 saturated carbocycles. The van der Waals surface area contributed by atoms with Crippen LogP contribution in [0.1, 0.15) is 9.60 Å². The number of hydrogen-bond donors (Lipinski definition) is 0. The van der Waals surface area contributed by atoms with Crippen LogP contribution in [0.3, 0.4) is 0 Å². The summed E-state index contributed by atoms with van der Waals surface area (Å²) in [5.74, 6) is 0.589. The van der Waals surface area contributed by atoms with Gasteiger partial charge >= 0.3 is 0 Å². The molecule has 0 amide bonds. The summed E-state index contributed by atoms with van der Waals surface area (Å²) in [6, 6.07) is 37.0. The second-order valence-electron chi connectivity index (χ2n) is 11.5. The van der Waals surface area contributed by atoms with E-state index in [0.717, 1.165) is 49.0 Å². The molecular formula is C44H27NO. The van der Waals surface area contributed by atoms with Gasteiger partial charge in [-0.1, -0.05) is 127 Å². The lowest BCUT2D eigenvalue weighted by Crippen LogP contribution is -1.97. The van der Waals surface area contributed by atoms with E-state index in [1.165, 1.54) is 0 Å². The maximum absolute atomic E-state index is 9.43. The van der Waals surface area contributed by atoms with E-state index in [1.807, 2.05) is 91.0 Å². The molecule has 0 fully saturated rings. The van der Waals surface area contributed by atoms with Crippen LogP contribution in [0.25, 0.3) is 82.4 Å². The number of benzene rings is 8. The Labute approximate surface area is 276 Å². The lowest BCUT2D eigenvalue weighted by atomic mass is 9.91. The lowest BCUT2D eigenvalue weighted by Gasteiger charge is -2.22. The van der Waals surface area contributed by atoms with Crippen LogP contribution in [0.5, 0.6) is 11.5 Å². The molecule has 0 atom stereocenters. The van der Waals surface area contributed by atoms with Crippen molar-refractivity contribution in [3.05, 3.63) is 164 Å². The third kappa shape index (κ3) is 3.65. The van der Waals surface area contributed by atoms with E-state index in [4.69, 9.17) is 7.48 Å². The van der Waals surface area contributed by atoms with Gasteiger partial charge in [0.2, 0.25) is 0 Å².